The van der Waals surface area contributed by atoms with Gasteiger partial charge in [0.15, 0.2) is 0 Å². The number of nitrogens with one attached hydrogen (secondary N) is 2. The van der Waals surface area contributed by atoms with Crippen molar-refractivity contribution in [1.29, 1.82) is 0 Å². The van der Waals surface area contributed by atoms with Gasteiger partial charge in [-0.25, -0.2) is 4.79 Å². The van der Waals surface area contributed by atoms with Crippen molar-refractivity contribution < 1.29 is 38.2 Å². The molecule has 4 aliphatic heterocycles. The fraction of sp³-hybridized carbons (Fsp3) is 0.488. The number of amides is 6. The number of imide groups is 2. The molecule has 1 saturated carbocycles. The van der Waals surface area contributed by atoms with Crippen LogP contribution in [0.5, 0.6) is 17.2 Å². The molecule has 16 heteroatoms. The van der Waals surface area contributed by atoms with Crippen LogP contribution in [0, 0.1) is 5.92 Å². The summed E-state index contributed by atoms with van der Waals surface area (Å²) in [6.07, 6.45) is 5.18. The van der Waals surface area contributed by atoms with E-state index in [1.165, 1.54) is 0 Å². The molecule has 2 N–H and O–H groups in total. The van der Waals surface area contributed by atoms with Crippen molar-refractivity contribution in [2.75, 3.05) is 54.6 Å². The largest absolute Gasteiger partial charge is 0.496 e. The molecule has 5 heterocycles. The van der Waals surface area contributed by atoms with Crippen LogP contribution in [-0.2, 0) is 36.1 Å². The number of aromatic nitrogens is 1. The molecular weight excluding hydrogens is 759 g/mol. The zero-order valence-corrected chi connectivity index (χ0v) is 34.2. The number of aryl methyl sites for hydroxylation is 1. The Hall–Kier alpha value is -5.74. The molecule has 59 heavy (non-hydrogen) atoms. The van der Waals surface area contributed by atoms with Crippen molar-refractivity contribution in [3.05, 3.63) is 74.7 Å². The second-order valence-corrected chi connectivity index (χ2v) is 16.5. The number of pyridine rings is 1. The predicted molar refractivity (Wildman–Crippen MR) is 215 cm³/mol. The molecule has 1 aliphatic carbocycles. The van der Waals surface area contributed by atoms with Gasteiger partial charge in [0.2, 0.25) is 11.8 Å². The lowest BCUT2D eigenvalue weighted by Crippen LogP contribution is -2.54. The molecule has 0 radical (unpaired) electrons. The van der Waals surface area contributed by atoms with E-state index in [1.807, 2.05) is 32.4 Å². The molecule has 2 aromatic carbocycles. The van der Waals surface area contributed by atoms with Gasteiger partial charge in [0.25, 0.3) is 17.4 Å². The van der Waals surface area contributed by atoms with E-state index in [0.29, 0.717) is 60.9 Å². The molecule has 2 bridgehead atoms. The molecule has 4 unspecified atom stereocenters. The minimum absolute atomic E-state index is 0.0579. The molecule has 16 nitrogen and oxygen atoms in total. The van der Waals surface area contributed by atoms with Crippen LogP contribution in [0.25, 0.3) is 11.1 Å². The number of nitrogens with zero attached hydrogens (tertiary/aromatic N) is 5. The Labute approximate surface area is 342 Å². The summed E-state index contributed by atoms with van der Waals surface area (Å²) in [6.45, 7) is 3.46. The average molecular weight is 810 g/mol. The number of hydrogen-bond acceptors (Lipinski definition) is 11. The highest BCUT2D eigenvalue weighted by Crippen LogP contribution is 2.40. The van der Waals surface area contributed by atoms with Gasteiger partial charge in [-0.05, 0) is 93.6 Å². The van der Waals surface area contributed by atoms with Gasteiger partial charge in [-0.2, -0.15) is 0 Å². The summed E-state index contributed by atoms with van der Waals surface area (Å²) in [5.41, 5.74) is 4.61. The lowest BCUT2D eigenvalue weighted by molar-refractivity contribution is -0.136. The maximum absolute atomic E-state index is 13.7. The summed E-state index contributed by atoms with van der Waals surface area (Å²) in [7, 11) is 9.01. The molecule has 0 spiro atoms. The summed E-state index contributed by atoms with van der Waals surface area (Å²) in [5.74, 6) is 0.0334. The Balaban J connectivity index is 0.837. The van der Waals surface area contributed by atoms with Gasteiger partial charge >= 0.3 is 6.03 Å². The maximum Gasteiger partial charge on any atom is 0.317 e. The quantitative estimate of drug-likeness (QED) is 0.204. The van der Waals surface area contributed by atoms with E-state index in [4.69, 9.17) is 14.2 Å². The summed E-state index contributed by atoms with van der Waals surface area (Å²) in [6, 6.07) is 7.98. The van der Waals surface area contributed by atoms with Crippen molar-refractivity contribution in [2.24, 2.45) is 13.0 Å². The Bertz CT molecular complexity index is 2260. The number of rotatable bonds is 12. The highest BCUT2D eigenvalue weighted by molar-refractivity contribution is 6.23. The Morgan fingerprint density at radius 1 is 0.932 bits per heavy atom. The van der Waals surface area contributed by atoms with Gasteiger partial charge in [-0.3, -0.25) is 39.1 Å². The number of ether oxygens (including phenoxy) is 3. The van der Waals surface area contributed by atoms with Gasteiger partial charge in [0.1, 0.15) is 23.3 Å². The molecule has 1 aromatic heterocycles. The molecule has 312 valence electrons. The molecule has 4 atom stereocenters. The summed E-state index contributed by atoms with van der Waals surface area (Å²) in [4.78, 5) is 84.6. The zero-order valence-electron chi connectivity index (χ0n) is 34.2. The predicted octanol–water partition coefficient (Wildman–Crippen LogP) is 2.53. The third-order valence-electron chi connectivity index (χ3n) is 12.5. The van der Waals surface area contributed by atoms with Crippen molar-refractivity contribution in [3.63, 3.8) is 0 Å². The van der Waals surface area contributed by atoms with Gasteiger partial charge in [-0.1, -0.05) is 0 Å². The number of carbonyl (C=O) groups excluding carboxylic acids is 5. The summed E-state index contributed by atoms with van der Waals surface area (Å²) in [5, 5.41) is 5.51. The molecule has 3 fully saturated rings. The maximum atomic E-state index is 13.7. The van der Waals surface area contributed by atoms with Crippen LogP contribution in [0.4, 0.5) is 4.79 Å². The van der Waals surface area contributed by atoms with Gasteiger partial charge in [-0.15, -0.1) is 0 Å². The number of fused-ring (bicyclic) bond motifs is 4. The van der Waals surface area contributed by atoms with E-state index in [2.05, 4.69) is 20.4 Å². The highest BCUT2D eigenvalue weighted by atomic mass is 16.5. The standard InChI is InChI=1S/C43H51N7O9/c1-46(2)21-33-36(57-4)16-24(17-37(33)58-5)31-22-47(3)40(53)32-23-49(13-11-28(31)32)43(56)44-34-18-26-15-25(34)20-48(26)12-6-14-59-27-7-8-29-30(19-27)42(55)50(41(29)54)35-9-10-38(51)45-39(35)52/h7-8,16-17,19,22,25-26,34-35H,6,9-15,18,20-21,23H2,1-5H3,(H,44,56)(H,45,51,52). The topological polar surface area (TPSA) is 172 Å². The smallest absolute Gasteiger partial charge is 0.317 e. The minimum atomic E-state index is -1.02. The second-order valence-electron chi connectivity index (χ2n) is 16.5. The molecular formula is C43H51N7O9. The van der Waals surface area contributed by atoms with E-state index in [9.17, 15) is 28.8 Å². The van der Waals surface area contributed by atoms with Gasteiger partial charge in [0.05, 0.1) is 44.1 Å². The van der Waals surface area contributed by atoms with Crippen LogP contribution in [0.1, 0.15) is 69.5 Å². The van der Waals surface area contributed by atoms with Crippen LogP contribution >= 0.6 is 0 Å². The first kappa shape index (κ1) is 40.1. The number of piperidine rings is 2. The van der Waals surface area contributed by atoms with Crippen molar-refractivity contribution >= 4 is 29.7 Å². The van der Waals surface area contributed by atoms with E-state index in [-0.39, 0.29) is 48.1 Å². The Morgan fingerprint density at radius 3 is 2.36 bits per heavy atom. The number of methoxy groups -OCH3 is 2. The highest BCUT2D eigenvalue weighted by Gasteiger charge is 2.46. The normalized spacial score (nSPS) is 22.5. The van der Waals surface area contributed by atoms with E-state index in [0.717, 1.165) is 59.5 Å². The fourth-order valence-corrected chi connectivity index (χ4v) is 9.58. The number of likely N-dealkylation sites (tertiary alicyclic amines) is 1. The Morgan fingerprint density at radius 2 is 1.68 bits per heavy atom. The first-order valence-electron chi connectivity index (χ1n) is 20.2. The van der Waals surface area contributed by atoms with Crippen molar-refractivity contribution in [2.45, 2.75) is 69.7 Å². The molecule has 8 rings (SSSR count). The number of urea groups is 1. The van der Waals surface area contributed by atoms with Crippen LogP contribution < -0.4 is 30.4 Å². The van der Waals surface area contributed by atoms with Crippen molar-refractivity contribution in [3.8, 4) is 28.4 Å². The van der Waals surface area contributed by atoms with Gasteiger partial charge < -0.3 is 33.9 Å². The number of hydrogen-bond donors (Lipinski definition) is 2. The third kappa shape index (κ3) is 7.55. The van der Waals surface area contributed by atoms with E-state index >= 15 is 0 Å². The monoisotopic (exact) mass is 809 g/mol. The number of carbonyl (C=O) groups is 5. The van der Waals surface area contributed by atoms with E-state index < -0.39 is 29.7 Å². The third-order valence-corrected chi connectivity index (χ3v) is 12.5. The zero-order chi connectivity index (χ0) is 41.7. The Kier molecular flexibility index (Phi) is 11.0. The van der Waals surface area contributed by atoms with Gasteiger partial charge in [0, 0.05) is 69.1 Å². The fourth-order valence-electron chi connectivity index (χ4n) is 9.58. The lowest BCUT2D eigenvalue weighted by Gasteiger charge is -2.35. The molecule has 2 saturated heterocycles. The summed E-state index contributed by atoms with van der Waals surface area (Å²) >= 11 is 0. The lowest BCUT2D eigenvalue weighted by atomic mass is 9.91. The first-order valence-corrected chi connectivity index (χ1v) is 20.2. The second kappa shape index (κ2) is 16.1. The molecule has 5 aliphatic rings. The van der Waals surface area contributed by atoms with Crippen LogP contribution in [0.15, 0.2) is 41.3 Å². The van der Waals surface area contributed by atoms with Crippen LogP contribution in [0.2, 0.25) is 0 Å². The minimum Gasteiger partial charge on any atom is -0.496 e. The van der Waals surface area contributed by atoms with Crippen LogP contribution in [0.3, 0.4) is 0 Å². The SMILES string of the molecule is COc1cc(-c2cn(C)c(=O)c3c2CCN(C(=O)NC2CC4CC2CN4CCCOc2ccc4c(c2)C(=O)N(C2CCC(=O)NC2=O)C4=O)C3)cc(OC)c1CN(C)C. The van der Waals surface area contributed by atoms with Crippen LogP contribution in [-0.4, -0.2) is 127 Å². The first-order chi connectivity index (χ1) is 28.3. The average Bonchev–Trinajstić information content (AvgIpc) is 3.88. The number of benzene rings is 2. The molecule has 3 aromatic rings. The van der Waals surface area contributed by atoms with Crippen molar-refractivity contribution in [1.82, 2.24) is 34.8 Å². The van der Waals surface area contributed by atoms with E-state index in [1.54, 1.807) is 48.9 Å². The summed E-state index contributed by atoms with van der Waals surface area (Å²) < 4.78 is 19.2. The molecule has 6 amide bonds.